The zero-order valence-corrected chi connectivity index (χ0v) is 12.6. The predicted octanol–water partition coefficient (Wildman–Crippen LogP) is 1.23. The largest absolute Gasteiger partial charge is 0.495 e. The molecule has 0 aliphatic heterocycles. The smallest absolute Gasteiger partial charge is 0.337 e. The highest BCUT2D eigenvalue weighted by Crippen LogP contribution is 2.25. The molecule has 1 aromatic rings. The molecule has 0 aliphatic carbocycles. The molecular weight excluding hydrogens is 298 g/mol. The molecular formula is C14H18ClNO5. The van der Waals surface area contributed by atoms with E-state index in [2.05, 4.69) is 5.32 Å². The molecule has 0 radical (unpaired) electrons. The SMILES string of the molecule is COc1ccc(CCC(=O)NCC(C)(O)C(=O)O)cc1Cl. The molecule has 0 fully saturated rings. The molecule has 0 saturated heterocycles. The number of carbonyl (C=O) groups is 2. The lowest BCUT2D eigenvalue weighted by Gasteiger charge is -2.18. The van der Waals surface area contributed by atoms with Crippen LogP contribution in [0, 0.1) is 0 Å². The molecule has 116 valence electrons. The number of hydrogen-bond acceptors (Lipinski definition) is 4. The third-order valence-electron chi connectivity index (χ3n) is 2.95. The first-order chi connectivity index (χ1) is 9.76. The van der Waals surface area contributed by atoms with E-state index in [4.69, 9.17) is 21.4 Å². The minimum absolute atomic E-state index is 0.165. The Balaban J connectivity index is 2.47. The van der Waals surface area contributed by atoms with Crippen LogP contribution in [-0.4, -0.2) is 41.3 Å². The molecule has 1 rings (SSSR count). The van der Waals surface area contributed by atoms with Crippen LogP contribution in [0.25, 0.3) is 0 Å². The van der Waals surface area contributed by atoms with Crippen LogP contribution in [0.4, 0.5) is 0 Å². The minimum Gasteiger partial charge on any atom is -0.495 e. The van der Waals surface area contributed by atoms with Gasteiger partial charge in [0, 0.05) is 6.42 Å². The normalized spacial score (nSPS) is 13.3. The van der Waals surface area contributed by atoms with E-state index in [1.807, 2.05) is 0 Å². The second-order valence-corrected chi connectivity index (χ2v) is 5.23. The summed E-state index contributed by atoms with van der Waals surface area (Å²) in [6, 6.07) is 5.22. The van der Waals surface area contributed by atoms with Gasteiger partial charge in [-0.05, 0) is 31.0 Å². The molecule has 1 amide bonds. The summed E-state index contributed by atoms with van der Waals surface area (Å²) in [6.45, 7) is 0.781. The van der Waals surface area contributed by atoms with Gasteiger partial charge in [-0.25, -0.2) is 4.79 Å². The van der Waals surface area contributed by atoms with Gasteiger partial charge in [0.15, 0.2) is 5.60 Å². The third-order valence-corrected chi connectivity index (χ3v) is 3.24. The van der Waals surface area contributed by atoms with E-state index in [0.717, 1.165) is 12.5 Å². The number of amides is 1. The topological polar surface area (TPSA) is 95.9 Å². The Bertz CT molecular complexity index is 530. The number of benzene rings is 1. The van der Waals surface area contributed by atoms with Crippen molar-refractivity contribution in [2.75, 3.05) is 13.7 Å². The molecule has 6 nitrogen and oxygen atoms in total. The average Bonchev–Trinajstić information content (AvgIpc) is 2.43. The molecule has 0 saturated carbocycles. The number of halogens is 1. The van der Waals surface area contributed by atoms with E-state index >= 15 is 0 Å². The summed E-state index contributed by atoms with van der Waals surface area (Å²) in [4.78, 5) is 22.3. The number of carbonyl (C=O) groups excluding carboxylic acids is 1. The zero-order chi connectivity index (χ0) is 16.0. The van der Waals surface area contributed by atoms with Crippen molar-refractivity contribution in [2.24, 2.45) is 0 Å². The Hall–Kier alpha value is -1.79. The lowest BCUT2D eigenvalue weighted by atomic mass is 10.1. The maximum atomic E-state index is 11.6. The van der Waals surface area contributed by atoms with Crippen LogP contribution in [0.2, 0.25) is 5.02 Å². The van der Waals surface area contributed by atoms with Crippen LogP contribution in [-0.2, 0) is 16.0 Å². The van der Waals surface area contributed by atoms with Crippen LogP contribution in [0.1, 0.15) is 18.9 Å². The molecule has 0 aliphatic rings. The molecule has 0 spiro atoms. The highest BCUT2D eigenvalue weighted by molar-refractivity contribution is 6.32. The van der Waals surface area contributed by atoms with Crippen molar-refractivity contribution < 1.29 is 24.5 Å². The van der Waals surface area contributed by atoms with E-state index < -0.39 is 11.6 Å². The predicted molar refractivity (Wildman–Crippen MR) is 77.6 cm³/mol. The summed E-state index contributed by atoms with van der Waals surface area (Å²) in [5.74, 6) is -1.17. The quantitative estimate of drug-likeness (QED) is 0.703. The van der Waals surface area contributed by atoms with Crippen molar-refractivity contribution >= 4 is 23.5 Å². The van der Waals surface area contributed by atoms with Gasteiger partial charge in [0.2, 0.25) is 5.91 Å². The molecule has 3 N–H and O–H groups in total. The van der Waals surface area contributed by atoms with E-state index in [1.54, 1.807) is 18.2 Å². The van der Waals surface area contributed by atoms with Crippen molar-refractivity contribution in [1.29, 1.82) is 0 Å². The van der Waals surface area contributed by atoms with Crippen LogP contribution in [0.3, 0.4) is 0 Å². The molecule has 0 heterocycles. The van der Waals surface area contributed by atoms with Crippen molar-refractivity contribution in [3.05, 3.63) is 28.8 Å². The molecule has 21 heavy (non-hydrogen) atoms. The molecule has 0 aromatic heterocycles. The highest BCUT2D eigenvalue weighted by atomic mass is 35.5. The first-order valence-corrected chi connectivity index (χ1v) is 6.69. The molecule has 0 bridgehead atoms. The number of ether oxygens (including phenoxy) is 1. The van der Waals surface area contributed by atoms with Gasteiger partial charge in [-0.1, -0.05) is 17.7 Å². The Labute approximate surface area is 127 Å². The van der Waals surface area contributed by atoms with Crippen LogP contribution >= 0.6 is 11.6 Å². The third kappa shape index (κ3) is 5.24. The van der Waals surface area contributed by atoms with Gasteiger partial charge >= 0.3 is 5.97 Å². The molecule has 1 unspecified atom stereocenters. The average molecular weight is 316 g/mol. The summed E-state index contributed by atoms with van der Waals surface area (Å²) in [5, 5.41) is 21.0. The maximum absolute atomic E-state index is 11.6. The van der Waals surface area contributed by atoms with Gasteiger partial charge in [-0.2, -0.15) is 0 Å². The summed E-state index contributed by atoms with van der Waals surface area (Å²) in [6.07, 6.45) is 0.614. The summed E-state index contributed by atoms with van der Waals surface area (Å²) in [5.41, 5.74) is -1.11. The van der Waals surface area contributed by atoms with Gasteiger partial charge in [-0.15, -0.1) is 0 Å². The number of methoxy groups -OCH3 is 1. The lowest BCUT2D eigenvalue weighted by molar-refractivity contribution is -0.156. The maximum Gasteiger partial charge on any atom is 0.337 e. The van der Waals surface area contributed by atoms with Gasteiger partial charge < -0.3 is 20.3 Å². The Kier molecular flexibility index (Phi) is 5.99. The fraction of sp³-hybridized carbons (Fsp3) is 0.429. The first kappa shape index (κ1) is 17.3. The van der Waals surface area contributed by atoms with Crippen molar-refractivity contribution in [3.63, 3.8) is 0 Å². The number of nitrogens with one attached hydrogen (secondary N) is 1. The van der Waals surface area contributed by atoms with Gasteiger partial charge in [0.1, 0.15) is 5.75 Å². The summed E-state index contributed by atoms with van der Waals surface area (Å²) >= 11 is 5.98. The van der Waals surface area contributed by atoms with Gasteiger partial charge in [0.05, 0.1) is 18.7 Å². The second kappa shape index (κ2) is 7.28. The second-order valence-electron chi connectivity index (χ2n) is 4.82. The van der Waals surface area contributed by atoms with E-state index in [-0.39, 0.29) is 18.9 Å². The van der Waals surface area contributed by atoms with E-state index in [0.29, 0.717) is 17.2 Å². The van der Waals surface area contributed by atoms with Crippen molar-refractivity contribution in [1.82, 2.24) is 5.32 Å². The van der Waals surface area contributed by atoms with Crippen LogP contribution in [0.15, 0.2) is 18.2 Å². The number of rotatable bonds is 7. The van der Waals surface area contributed by atoms with Crippen LogP contribution < -0.4 is 10.1 Å². The molecule has 1 atom stereocenters. The fourth-order valence-corrected chi connectivity index (χ4v) is 1.84. The number of carboxylic acids is 1. The fourth-order valence-electron chi connectivity index (χ4n) is 1.56. The number of aliphatic hydroxyl groups is 1. The first-order valence-electron chi connectivity index (χ1n) is 6.31. The Morgan fingerprint density at radius 3 is 2.62 bits per heavy atom. The van der Waals surface area contributed by atoms with E-state index in [1.165, 1.54) is 7.11 Å². The number of aryl methyl sites for hydroxylation is 1. The van der Waals surface area contributed by atoms with Crippen LogP contribution in [0.5, 0.6) is 5.75 Å². The monoisotopic (exact) mass is 315 g/mol. The number of aliphatic carboxylic acids is 1. The molecule has 7 heteroatoms. The summed E-state index contributed by atoms with van der Waals surface area (Å²) < 4.78 is 5.03. The van der Waals surface area contributed by atoms with E-state index in [9.17, 15) is 14.7 Å². The standard InChI is InChI=1S/C14H18ClNO5/c1-14(20,13(18)19)8-16-12(17)6-4-9-3-5-11(21-2)10(15)7-9/h3,5,7,20H,4,6,8H2,1-2H3,(H,16,17)(H,18,19). The van der Waals surface area contributed by atoms with Gasteiger partial charge in [-0.3, -0.25) is 4.79 Å². The highest BCUT2D eigenvalue weighted by Gasteiger charge is 2.30. The number of carboxylic acid groups (broad SMARTS) is 1. The summed E-state index contributed by atoms with van der Waals surface area (Å²) in [7, 11) is 1.52. The zero-order valence-electron chi connectivity index (χ0n) is 11.9. The number of hydrogen-bond donors (Lipinski definition) is 3. The van der Waals surface area contributed by atoms with Crippen molar-refractivity contribution in [3.8, 4) is 5.75 Å². The lowest BCUT2D eigenvalue weighted by Crippen LogP contribution is -2.46. The minimum atomic E-state index is -1.97. The molecule has 1 aromatic carbocycles. The Morgan fingerprint density at radius 1 is 1.43 bits per heavy atom. The van der Waals surface area contributed by atoms with Gasteiger partial charge in [0.25, 0.3) is 0 Å². The Morgan fingerprint density at radius 2 is 2.10 bits per heavy atom. The van der Waals surface area contributed by atoms with Crippen molar-refractivity contribution in [2.45, 2.75) is 25.4 Å².